The van der Waals surface area contributed by atoms with Gasteiger partial charge in [0.05, 0.1) is 5.69 Å². The predicted octanol–water partition coefficient (Wildman–Crippen LogP) is 2.91. The van der Waals surface area contributed by atoms with Gasteiger partial charge in [-0.15, -0.1) is 0 Å². The molecule has 0 saturated heterocycles. The Kier molecular flexibility index (Phi) is 3.48. The minimum absolute atomic E-state index is 0.0936. The number of anilines is 1. The van der Waals surface area contributed by atoms with Crippen molar-refractivity contribution in [3.63, 3.8) is 0 Å². The number of amides is 1. The van der Waals surface area contributed by atoms with Gasteiger partial charge in [0.1, 0.15) is 12.4 Å². The standard InChI is InChI=1S/C16H14FNO3/c1-10-6-7-12(11(17)8-10)18-16(19)15-9-20-13-4-2-3-5-14(13)21-15/h2-8,15H,9H2,1H3,(H,18,19)/t15-/m1/s1. The third kappa shape index (κ3) is 2.81. The molecule has 0 saturated carbocycles. The van der Waals surface area contributed by atoms with Crippen molar-refractivity contribution in [2.24, 2.45) is 0 Å². The molecule has 1 amide bonds. The molecule has 0 unspecified atom stereocenters. The van der Waals surface area contributed by atoms with Gasteiger partial charge in [-0.3, -0.25) is 4.79 Å². The maximum atomic E-state index is 13.7. The first kappa shape index (κ1) is 13.4. The molecule has 0 fully saturated rings. The number of carbonyl (C=O) groups is 1. The van der Waals surface area contributed by atoms with E-state index in [0.29, 0.717) is 11.5 Å². The van der Waals surface area contributed by atoms with Gasteiger partial charge in [-0.2, -0.15) is 0 Å². The molecule has 3 rings (SSSR count). The molecule has 1 aliphatic heterocycles. The molecule has 4 nitrogen and oxygen atoms in total. The molecule has 1 N–H and O–H groups in total. The molecule has 0 radical (unpaired) electrons. The summed E-state index contributed by atoms with van der Waals surface area (Å²) in [6.07, 6.45) is -0.805. The summed E-state index contributed by atoms with van der Waals surface area (Å²) in [5, 5.41) is 2.52. The Hall–Kier alpha value is -2.56. The van der Waals surface area contributed by atoms with Gasteiger partial charge in [0.15, 0.2) is 11.5 Å². The van der Waals surface area contributed by atoms with Crippen molar-refractivity contribution >= 4 is 11.6 Å². The van der Waals surface area contributed by atoms with Crippen LogP contribution in [0, 0.1) is 12.7 Å². The maximum absolute atomic E-state index is 13.7. The molecule has 1 aliphatic rings. The van der Waals surface area contributed by atoms with Gasteiger partial charge in [0, 0.05) is 0 Å². The van der Waals surface area contributed by atoms with Crippen molar-refractivity contribution in [2.45, 2.75) is 13.0 Å². The second kappa shape index (κ2) is 5.44. The molecular formula is C16H14FNO3. The van der Waals surface area contributed by atoms with Crippen LogP contribution >= 0.6 is 0 Å². The van der Waals surface area contributed by atoms with E-state index in [9.17, 15) is 9.18 Å². The van der Waals surface area contributed by atoms with Crippen LogP contribution in [-0.4, -0.2) is 18.6 Å². The molecule has 0 aromatic heterocycles. The van der Waals surface area contributed by atoms with Gasteiger partial charge < -0.3 is 14.8 Å². The molecule has 21 heavy (non-hydrogen) atoms. The maximum Gasteiger partial charge on any atom is 0.269 e. The first-order valence-corrected chi connectivity index (χ1v) is 6.59. The zero-order valence-corrected chi connectivity index (χ0v) is 11.4. The summed E-state index contributed by atoms with van der Waals surface area (Å²) < 4.78 is 24.8. The smallest absolute Gasteiger partial charge is 0.269 e. The number of hydrogen-bond acceptors (Lipinski definition) is 3. The van der Waals surface area contributed by atoms with E-state index in [-0.39, 0.29) is 12.3 Å². The molecule has 5 heteroatoms. The van der Waals surface area contributed by atoms with Crippen LogP contribution in [0.2, 0.25) is 0 Å². The number of benzene rings is 2. The van der Waals surface area contributed by atoms with Crippen LogP contribution in [0.25, 0.3) is 0 Å². The highest BCUT2D eigenvalue weighted by Gasteiger charge is 2.27. The zero-order chi connectivity index (χ0) is 14.8. The van der Waals surface area contributed by atoms with Crippen LogP contribution in [0.3, 0.4) is 0 Å². The summed E-state index contributed by atoms with van der Waals surface area (Å²) >= 11 is 0. The third-order valence-electron chi connectivity index (χ3n) is 3.18. The van der Waals surface area contributed by atoms with Gasteiger partial charge in [-0.05, 0) is 36.8 Å². The number of hydrogen-bond donors (Lipinski definition) is 1. The highest BCUT2D eigenvalue weighted by molar-refractivity contribution is 5.94. The fraction of sp³-hybridized carbons (Fsp3) is 0.188. The highest BCUT2D eigenvalue weighted by atomic mass is 19.1. The van der Waals surface area contributed by atoms with Gasteiger partial charge in [0.2, 0.25) is 6.10 Å². The lowest BCUT2D eigenvalue weighted by atomic mass is 10.2. The van der Waals surface area contributed by atoms with Gasteiger partial charge in [0.25, 0.3) is 5.91 Å². The van der Waals surface area contributed by atoms with E-state index in [1.165, 1.54) is 12.1 Å². The molecule has 0 bridgehead atoms. The Morgan fingerprint density at radius 1 is 1.24 bits per heavy atom. The number of fused-ring (bicyclic) bond motifs is 1. The van der Waals surface area contributed by atoms with Crippen molar-refractivity contribution < 1.29 is 18.7 Å². The Morgan fingerprint density at radius 3 is 2.76 bits per heavy atom. The Morgan fingerprint density at radius 2 is 2.00 bits per heavy atom. The second-order valence-corrected chi connectivity index (χ2v) is 4.84. The SMILES string of the molecule is Cc1ccc(NC(=O)[C@H]2COc3ccccc3O2)c(F)c1. The van der Waals surface area contributed by atoms with E-state index in [1.807, 2.05) is 6.07 Å². The second-order valence-electron chi connectivity index (χ2n) is 4.84. The van der Waals surface area contributed by atoms with E-state index < -0.39 is 17.8 Å². The van der Waals surface area contributed by atoms with E-state index >= 15 is 0 Å². The number of carbonyl (C=O) groups excluding carboxylic acids is 1. The summed E-state index contributed by atoms with van der Waals surface area (Å²) in [4.78, 5) is 12.1. The number of para-hydroxylation sites is 2. The summed E-state index contributed by atoms with van der Waals surface area (Å²) in [5.41, 5.74) is 0.921. The normalized spacial score (nSPS) is 16.4. The fourth-order valence-corrected chi connectivity index (χ4v) is 2.08. The minimum Gasteiger partial charge on any atom is -0.485 e. The van der Waals surface area contributed by atoms with Gasteiger partial charge in [-0.1, -0.05) is 18.2 Å². The molecule has 1 heterocycles. The molecular weight excluding hydrogens is 273 g/mol. The van der Waals surface area contributed by atoms with E-state index in [2.05, 4.69) is 5.32 Å². The Bertz CT molecular complexity index is 687. The molecule has 2 aromatic rings. The van der Waals surface area contributed by atoms with E-state index in [0.717, 1.165) is 5.56 Å². The minimum atomic E-state index is -0.805. The summed E-state index contributed by atoms with van der Waals surface area (Å²) in [6, 6.07) is 11.7. The number of halogens is 1. The molecule has 0 spiro atoms. The van der Waals surface area contributed by atoms with E-state index in [1.54, 1.807) is 31.2 Å². The van der Waals surface area contributed by atoms with Crippen LogP contribution in [-0.2, 0) is 4.79 Å². The average molecular weight is 287 g/mol. The third-order valence-corrected chi connectivity index (χ3v) is 3.18. The number of nitrogens with one attached hydrogen (secondary N) is 1. The number of aryl methyl sites for hydroxylation is 1. The lowest BCUT2D eigenvalue weighted by Gasteiger charge is -2.25. The topological polar surface area (TPSA) is 47.6 Å². The molecule has 2 aromatic carbocycles. The molecule has 0 aliphatic carbocycles. The lowest BCUT2D eigenvalue weighted by Crippen LogP contribution is -2.40. The molecule has 1 atom stereocenters. The lowest BCUT2D eigenvalue weighted by molar-refractivity contribution is -0.125. The number of rotatable bonds is 2. The molecule has 108 valence electrons. The van der Waals surface area contributed by atoms with Crippen LogP contribution in [0.5, 0.6) is 11.5 Å². The predicted molar refractivity (Wildman–Crippen MR) is 76.1 cm³/mol. The van der Waals surface area contributed by atoms with Crippen molar-refractivity contribution in [3.8, 4) is 11.5 Å². The van der Waals surface area contributed by atoms with Crippen molar-refractivity contribution in [1.82, 2.24) is 0 Å². The summed E-state index contributed by atoms with van der Waals surface area (Å²) in [6.45, 7) is 1.88. The quantitative estimate of drug-likeness (QED) is 0.924. The van der Waals surface area contributed by atoms with Crippen molar-refractivity contribution in [1.29, 1.82) is 0 Å². The van der Waals surface area contributed by atoms with Crippen LogP contribution < -0.4 is 14.8 Å². The monoisotopic (exact) mass is 287 g/mol. The fourth-order valence-electron chi connectivity index (χ4n) is 2.08. The Balaban J connectivity index is 1.72. The zero-order valence-electron chi connectivity index (χ0n) is 11.4. The van der Waals surface area contributed by atoms with Gasteiger partial charge in [-0.25, -0.2) is 4.39 Å². The largest absolute Gasteiger partial charge is 0.485 e. The highest BCUT2D eigenvalue weighted by Crippen LogP contribution is 2.31. The van der Waals surface area contributed by atoms with Crippen LogP contribution in [0.1, 0.15) is 5.56 Å². The van der Waals surface area contributed by atoms with Crippen molar-refractivity contribution in [2.75, 3.05) is 11.9 Å². The summed E-state index contributed by atoms with van der Waals surface area (Å²) in [7, 11) is 0. The first-order chi connectivity index (χ1) is 10.1. The van der Waals surface area contributed by atoms with E-state index in [4.69, 9.17) is 9.47 Å². The first-order valence-electron chi connectivity index (χ1n) is 6.59. The van der Waals surface area contributed by atoms with Crippen LogP contribution in [0.15, 0.2) is 42.5 Å². The van der Waals surface area contributed by atoms with Crippen LogP contribution in [0.4, 0.5) is 10.1 Å². The summed E-state index contributed by atoms with van der Waals surface area (Å²) in [5.74, 6) is 0.198. The number of ether oxygens (including phenoxy) is 2. The Labute approximate surface area is 121 Å². The average Bonchev–Trinajstić information content (AvgIpc) is 2.49. The van der Waals surface area contributed by atoms with Gasteiger partial charge >= 0.3 is 0 Å². The van der Waals surface area contributed by atoms with Crippen molar-refractivity contribution in [3.05, 3.63) is 53.8 Å².